The molecule has 1 saturated heterocycles. The number of hydrogen-bond acceptors (Lipinski definition) is 3. The van der Waals surface area contributed by atoms with Crippen LogP contribution in [0, 0.1) is 0 Å². The minimum atomic E-state index is -0.205. The Balaban J connectivity index is 2.40. The summed E-state index contributed by atoms with van der Waals surface area (Å²) in [7, 11) is 0. The first-order valence-electron chi connectivity index (χ1n) is 4.19. The van der Waals surface area contributed by atoms with Gasteiger partial charge >= 0.3 is 0 Å². The molecule has 0 aliphatic carbocycles. The molecule has 3 heteroatoms. The second-order valence-electron chi connectivity index (χ2n) is 3.08. The molecule has 0 radical (unpaired) electrons. The van der Waals surface area contributed by atoms with Gasteiger partial charge in [-0.2, -0.15) is 0 Å². The van der Waals surface area contributed by atoms with Gasteiger partial charge in [-0.1, -0.05) is 0 Å². The lowest BCUT2D eigenvalue weighted by Gasteiger charge is -2.26. The molecule has 0 aromatic heterocycles. The topological polar surface area (TPSA) is 49.7 Å². The van der Waals surface area contributed by atoms with E-state index in [0.717, 1.165) is 19.4 Å². The Hall–Kier alpha value is -0.120. The molecular weight excluding hydrogens is 144 g/mol. The molecule has 0 unspecified atom stereocenters. The van der Waals surface area contributed by atoms with E-state index in [1.54, 1.807) is 0 Å². The predicted octanol–water partition coefficient (Wildman–Crippen LogP) is 0.300. The zero-order valence-corrected chi connectivity index (χ0v) is 6.75. The van der Waals surface area contributed by atoms with Crippen molar-refractivity contribution in [3.63, 3.8) is 0 Å². The van der Waals surface area contributed by atoms with Crippen LogP contribution in [0.5, 0.6) is 0 Å². The van der Waals surface area contributed by atoms with E-state index in [4.69, 9.17) is 14.9 Å². The van der Waals surface area contributed by atoms with Crippen molar-refractivity contribution in [1.82, 2.24) is 0 Å². The molecule has 3 nitrogen and oxygen atoms in total. The maximum atomic E-state index is 8.76. The van der Waals surface area contributed by atoms with Crippen LogP contribution in [0.25, 0.3) is 0 Å². The lowest BCUT2D eigenvalue weighted by Crippen LogP contribution is -2.30. The zero-order chi connectivity index (χ0) is 8.16. The highest BCUT2D eigenvalue weighted by molar-refractivity contribution is 4.84. The smallest absolute Gasteiger partial charge is 0.0727 e. The molecule has 11 heavy (non-hydrogen) atoms. The molecular formula is C8H16O3. The van der Waals surface area contributed by atoms with Crippen molar-refractivity contribution in [2.45, 2.75) is 31.3 Å². The van der Waals surface area contributed by atoms with E-state index < -0.39 is 0 Å². The summed E-state index contributed by atoms with van der Waals surface area (Å²) in [5.41, 5.74) is -0.205. The Bertz CT molecular complexity index is 99.9. The number of hydrogen-bond donors (Lipinski definition) is 2. The van der Waals surface area contributed by atoms with Gasteiger partial charge in [-0.15, -0.1) is 0 Å². The number of aliphatic hydroxyl groups excluding tert-OH is 2. The fraction of sp³-hybridized carbons (Fsp3) is 1.00. The number of rotatable bonds is 4. The van der Waals surface area contributed by atoms with Gasteiger partial charge in [0.2, 0.25) is 0 Å². The highest BCUT2D eigenvalue weighted by Crippen LogP contribution is 2.31. The normalized spacial score (nSPS) is 22.4. The number of aliphatic hydroxyl groups is 2. The van der Waals surface area contributed by atoms with Crippen molar-refractivity contribution in [2.75, 3.05) is 19.8 Å². The van der Waals surface area contributed by atoms with Crippen LogP contribution in [0.4, 0.5) is 0 Å². The van der Waals surface area contributed by atoms with Gasteiger partial charge in [0.25, 0.3) is 0 Å². The van der Waals surface area contributed by atoms with Gasteiger partial charge < -0.3 is 14.9 Å². The van der Waals surface area contributed by atoms with Gasteiger partial charge in [0.1, 0.15) is 0 Å². The fourth-order valence-corrected chi connectivity index (χ4v) is 1.68. The van der Waals surface area contributed by atoms with Crippen molar-refractivity contribution in [3.05, 3.63) is 0 Å². The molecule has 0 amide bonds. The maximum absolute atomic E-state index is 8.76. The molecule has 0 atom stereocenters. The molecule has 0 spiro atoms. The van der Waals surface area contributed by atoms with Gasteiger partial charge in [0.05, 0.1) is 5.60 Å². The van der Waals surface area contributed by atoms with Gasteiger partial charge in [-0.3, -0.25) is 0 Å². The summed E-state index contributed by atoms with van der Waals surface area (Å²) in [5.74, 6) is 0. The molecule has 0 aromatic carbocycles. The van der Waals surface area contributed by atoms with Crippen LogP contribution in [0.2, 0.25) is 0 Å². The van der Waals surface area contributed by atoms with Crippen molar-refractivity contribution >= 4 is 0 Å². The standard InChI is InChI=1S/C8H16O3/c9-5-3-8(4-6-10)2-1-7-11-8/h9-10H,1-7H2. The summed E-state index contributed by atoms with van der Waals surface area (Å²) < 4.78 is 5.50. The van der Waals surface area contributed by atoms with Crippen LogP contribution in [-0.2, 0) is 4.74 Å². The SMILES string of the molecule is OCCC1(CCO)CCCO1. The van der Waals surface area contributed by atoms with E-state index in [-0.39, 0.29) is 18.8 Å². The molecule has 0 saturated carbocycles. The third-order valence-electron chi connectivity index (χ3n) is 2.32. The van der Waals surface area contributed by atoms with Crippen LogP contribution >= 0.6 is 0 Å². The quantitative estimate of drug-likeness (QED) is 0.622. The first kappa shape index (κ1) is 8.97. The zero-order valence-electron chi connectivity index (χ0n) is 6.75. The number of ether oxygens (including phenoxy) is 1. The second-order valence-corrected chi connectivity index (χ2v) is 3.08. The van der Waals surface area contributed by atoms with Gasteiger partial charge in [-0.05, 0) is 25.7 Å². The van der Waals surface area contributed by atoms with Crippen molar-refractivity contribution < 1.29 is 14.9 Å². The second kappa shape index (κ2) is 4.04. The largest absolute Gasteiger partial charge is 0.396 e. The van der Waals surface area contributed by atoms with Crippen molar-refractivity contribution in [3.8, 4) is 0 Å². The van der Waals surface area contributed by atoms with E-state index in [0.29, 0.717) is 12.8 Å². The van der Waals surface area contributed by atoms with E-state index in [2.05, 4.69) is 0 Å². The van der Waals surface area contributed by atoms with Crippen LogP contribution in [0.15, 0.2) is 0 Å². The molecule has 66 valence electrons. The lowest BCUT2D eigenvalue weighted by molar-refractivity contribution is -0.0302. The molecule has 1 fully saturated rings. The van der Waals surface area contributed by atoms with Gasteiger partial charge in [-0.25, -0.2) is 0 Å². The van der Waals surface area contributed by atoms with Gasteiger partial charge in [0, 0.05) is 19.8 Å². The Kier molecular flexibility index (Phi) is 3.30. The summed E-state index contributed by atoms with van der Waals surface area (Å²) in [4.78, 5) is 0. The predicted molar refractivity (Wildman–Crippen MR) is 41.3 cm³/mol. The molecule has 1 aliphatic heterocycles. The summed E-state index contributed by atoms with van der Waals surface area (Å²) >= 11 is 0. The summed E-state index contributed by atoms with van der Waals surface area (Å²) in [6.07, 6.45) is 3.36. The van der Waals surface area contributed by atoms with E-state index in [9.17, 15) is 0 Å². The Morgan fingerprint density at radius 2 is 1.82 bits per heavy atom. The Morgan fingerprint density at radius 1 is 1.18 bits per heavy atom. The summed E-state index contributed by atoms with van der Waals surface area (Å²) in [6, 6.07) is 0. The molecule has 0 bridgehead atoms. The maximum Gasteiger partial charge on any atom is 0.0727 e. The van der Waals surface area contributed by atoms with Crippen LogP contribution in [0.1, 0.15) is 25.7 Å². The fourth-order valence-electron chi connectivity index (χ4n) is 1.68. The average Bonchev–Trinajstić information content (AvgIpc) is 2.39. The first-order valence-corrected chi connectivity index (χ1v) is 4.19. The Morgan fingerprint density at radius 3 is 2.18 bits per heavy atom. The Labute approximate surface area is 67.0 Å². The third-order valence-corrected chi connectivity index (χ3v) is 2.32. The average molecular weight is 160 g/mol. The minimum absolute atomic E-state index is 0.153. The van der Waals surface area contributed by atoms with E-state index in [1.807, 2.05) is 0 Å². The monoisotopic (exact) mass is 160 g/mol. The minimum Gasteiger partial charge on any atom is -0.396 e. The van der Waals surface area contributed by atoms with Crippen LogP contribution in [-0.4, -0.2) is 35.6 Å². The van der Waals surface area contributed by atoms with Gasteiger partial charge in [0.15, 0.2) is 0 Å². The molecule has 1 aliphatic rings. The molecule has 2 N–H and O–H groups in total. The molecule has 0 aromatic rings. The first-order chi connectivity index (χ1) is 5.33. The highest BCUT2D eigenvalue weighted by Gasteiger charge is 2.33. The van der Waals surface area contributed by atoms with E-state index in [1.165, 1.54) is 0 Å². The van der Waals surface area contributed by atoms with E-state index >= 15 is 0 Å². The lowest BCUT2D eigenvalue weighted by atomic mass is 9.93. The third kappa shape index (κ3) is 2.15. The van der Waals surface area contributed by atoms with Crippen molar-refractivity contribution in [2.24, 2.45) is 0 Å². The van der Waals surface area contributed by atoms with Crippen molar-refractivity contribution in [1.29, 1.82) is 0 Å². The summed E-state index contributed by atoms with van der Waals surface area (Å²) in [6.45, 7) is 1.08. The molecule has 1 rings (SSSR count). The summed E-state index contributed by atoms with van der Waals surface area (Å²) in [5, 5.41) is 17.5. The van der Waals surface area contributed by atoms with Crippen LogP contribution < -0.4 is 0 Å². The highest BCUT2D eigenvalue weighted by atomic mass is 16.5. The molecule has 1 heterocycles. The van der Waals surface area contributed by atoms with Crippen LogP contribution in [0.3, 0.4) is 0 Å².